The summed E-state index contributed by atoms with van der Waals surface area (Å²) in [6.07, 6.45) is 3.27. The van der Waals surface area contributed by atoms with E-state index >= 15 is 0 Å². The Morgan fingerprint density at radius 2 is 1.25 bits per heavy atom. The minimum atomic E-state index is -1.24. The van der Waals surface area contributed by atoms with Gasteiger partial charge in [0.1, 0.15) is 30.2 Å². The van der Waals surface area contributed by atoms with Crippen molar-refractivity contribution >= 4 is 57.1 Å². The standard InChI is InChI=1S/C46H57N9O6/c1-27(32-21-20-31-15-7-8-16-33(31)24-32)40(55-42(57)28(2)48)46(61)51-29(3)43(58)53-39(25-34-26-50-36-18-10-9-17-35(34)36)45(60)54-38(23-30-13-5-4-6-14-30)44(59)52-37(41(49)56)19-11-12-22-47/h4-10,13-18,20-21,24,26-29,37-40,50H,11-12,19,22-23,25,47-48H2,1-3H3,(H2,49,56)(H,51,61)(H,52,59)(H,53,58)(H,54,60)(H,55,57)/t27-,28+,29+,37-,38?,39-,40?/m0/s1. The lowest BCUT2D eigenvalue weighted by Gasteiger charge is -2.28. The molecule has 0 spiro atoms. The largest absolute Gasteiger partial charge is 0.368 e. The minimum absolute atomic E-state index is 0.0109. The fourth-order valence-corrected chi connectivity index (χ4v) is 7.16. The van der Waals surface area contributed by atoms with Gasteiger partial charge in [-0.25, -0.2) is 0 Å². The van der Waals surface area contributed by atoms with E-state index in [9.17, 15) is 28.8 Å². The van der Waals surface area contributed by atoms with Crippen LogP contribution in [0.15, 0.2) is 103 Å². The monoisotopic (exact) mass is 831 g/mol. The number of nitrogens with one attached hydrogen (secondary N) is 6. The molecule has 0 radical (unpaired) electrons. The molecule has 322 valence electrons. The maximum absolute atomic E-state index is 14.4. The Morgan fingerprint density at radius 1 is 0.623 bits per heavy atom. The van der Waals surface area contributed by atoms with Crippen molar-refractivity contribution in [2.24, 2.45) is 17.2 Å². The van der Waals surface area contributed by atoms with E-state index in [1.54, 1.807) is 37.4 Å². The van der Waals surface area contributed by atoms with Crippen molar-refractivity contribution in [1.29, 1.82) is 0 Å². The quantitative estimate of drug-likeness (QED) is 0.0495. The van der Waals surface area contributed by atoms with Crippen LogP contribution in [0.4, 0.5) is 0 Å². The molecule has 0 bridgehead atoms. The smallest absolute Gasteiger partial charge is 0.243 e. The van der Waals surface area contributed by atoms with Crippen LogP contribution in [-0.4, -0.2) is 83.2 Å². The van der Waals surface area contributed by atoms with Gasteiger partial charge in [0.25, 0.3) is 0 Å². The van der Waals surface area contributed by atoms with Crippen LogP contribution < -0.4 is 43.8 Å². The molecule has 0 aliphatic carbocycles. The van der Waals surface area contributed by atoms with Crippen LogP contribution in [-0.2, 0) is 41.6 Å². The molecule has 4 aromatic carbocycles. The number of benzene rings is 4. The maximum Gasteiger partial charge on any atom is 0.243 e. The van der Waals surface area contributed by atoms with Crippen LogP contribution >= 0.6 is 0 Å². The summed E-state index contributed by atoms with van der Waals surface area (Å²) in [4.78, 5) is 84.7. The van der Waals surface area contributed by atoms with Gasteiger partial charge in [-0.05, 0) is 73.2 Å². The number of primary amides is 1. The van der Waals surface area contributed by atoms with Gasteiger partial charge in [-0.1, -0.05) is 97.9 Å². The number of rotatable bonds is 21. The Bertz CT molecular complexity index is 2310. The summed E-state index contributed by atoms with van der Waals surface area (Å²) in [5.74, 6) is -4.45. The third kappa shape index (κ3) is 12.5. The van der Waals surface area contributed by atoms with E-state index < -0.39 is 77.6 Å². The van der Waals surface area contributed by atoms with Crippen molar-refractivity contribution in [1.82, 2.24) is 31.6 Å². The number of para-hydroxylation sites is 1. The lowest BCUT2D eigenvalue weighted by atomic mass is 9.90. The Kier molecular flexibility index (Phi) is 16.1. The Morgan fingerprint density at radius 3 is 1.93 bits per heavy atom. The third-order valence-corrected chi connectivity index (χ3v) is 10.8. The van der Waals surface area contributed by atoms with Gasteiger partial charge in [0.2, 0.25) is 35.4 Å². The summed E-state index contributed by atoms with van der Waals surface area (Å²) in [6.45, 7) is 5.19. The molecule has 0 aliphatic rings. The number of amides is 6. The van der Waals surface area contributed by atoms with Crippen molar-refractivity contribution in [2.45, 2.75) is 95.0 Å². The molecule has 61 heavy (non-hydrogen) atoms. The molecule has 0 aliphatic heterocycles. The summed E-state index contributed by atoms with van der Waals surface area (Å²) in [5.41, 5.74) is 20.2. The highest BCUT2D eigenvalue weighted by Crippen LogP contribution is 2.25. The Balaban J connectivity index is 1.39. The summed E-state index contributed by atoms with van der Waals surface area (Å²) >= 11 is 0. The molecule has 5 rings (SSSR count). The van der Waals surface area contributed by atoms with Gasteiger partial charge in [-0.3, -0.25) is 28.8 Å². The SMILES string of the molecule is C[C@@H](N)C(=O)NC(C(=O)N[C@H](C)C(=O)N[C@@H](Cc1c[nH]c2ccccc12)C(=O)NC(Cc1ccccc1)C(=O)N[C@@H](CCCCN)C(N)=O)[C@@H](C)c1ccc2ccccc2c1. The summed E-state index contributed by atoms with van der Waals surface area (Å²) in [7, 11) is 0. The maximum atomic E-state index is 14.4. The van der Waals surface area contributed by atoms with Crippen LogP contribution in [0.5, 0.6) is 0 Å². The van der Waals surface area contributed by atoms with E-state index in [0.717, 1.165) is 32.8 Å². The molecule has 12 N–H and O–H groups in total. The van der Waals surface area contributed by atoms with Crippen LogP contribution in [0, 0.1) is 0 Å². The molecule has 1 heterocycles. The fraction of sp³-hybridized carbons (Fsp3) is 0.348. The zero-order valence-electron chi connectivity index (χ0n) is 34.8. The van der Waals surface area contributed by atoms with E-state index in [-0.39, 0.29) is 19.3 Å². The number of H-pyrrole nitrogens is 1. The van der Waals surface area contributed by atoms with Crippen LogP contribution in [0.25, 0.3) is 21.7 Å². The molecule has 5 aromatic rings. The van der Waals surface area contributed by atoms with E-state index in [2.05, 4.69) is 31.6 Å². The number of carbonyl (C=O) groups excluding carboxylic acids is 6. The first-order chi connectivity index (χ1) is 29.2. The lowest BCUT2D eigenvalue weighted by molar-refractivity contribution is -0.135. The molecular weight excluding hydrogens is 775 g/mol. The molecule has 15 nitrogen and oxygen atoms in total. The number of fused-ring (bicyclic) bond motifs is 2. The molecule has 1 aromatic heterocycles. The predicted octanol–water partition coefficient (Wildman–Crippen LogP) is 2.32. The first-order valence-electron chi connectivity index (χ1n) is 20.6. The van der Waals surface area contributed by atoms with Crippen molar-refractivity contribution in [3.63, 3.8) is 0 Å². The van der Waals surface area contributed by atoms with Gasteiger partial charge in [0.15, 0.2) is 0 Å². The summed E-state index contributed by atoms with van der Waals surface area (Å²) < 4.78 is 0. The average molecular weight is 832 g/mol. The summed E-state index contributed by atoms with van der Waals surface area (Å²) in [6, 6.07) is 23.5. The van der Waals surface area contributed by atoms with E-state index in [0.29, 0.717) is 24.9 Å². The number of hydrogen-bond donors (Lipinski definition) is 9. The lowest BCUT2D eigenvalue weighted by Crippen LogP contribution is -2.60. The van der Waals surface area contributed by atoms with Gasteiger partial charge in [0, 0.05) is 35.9 Å². The van der Waals surface area contributed by atoms with Crippen molar-refractivity contribution in [3.05, 3.63) is 120 Å². The first kappa shape index (κ1) is 45.5. The van der Waals surface area contributed by atoms with Gasteiger partial charge in [-0.15, -0.1) is 0 Å². The Hall–Kier alpha value is -6.58. The first-order valence-corrected chi connectivity index (χ1v) is 20.6. The zero-order valence-corrected chi connectivity index (χ0v) is 34.8. The van der Waals surface area contributed by atoms with E-state index in [1.165, 1.54) is 13.8 Å². The second-order valence-electron chi connectivity index (χ2n) is 15.5. The van der Waals surface area contributed by atoms with Crippen LogP contribution in [0.2, 0.25) is 0 Å². The van der Waals surface area contributed by atoms with Crippen LogP contribution in [0.3, 0.4) is 0 Å². The number of unbranched alkanes of at least 4 members (excludes halogenated alkanes) is 1. The predicted molar refractivity (Wildman–Crippen MR) is 236 cm³/mol. The number of nitrogens with two attached hydrogens (primary N) is 3. The molecule has 7 atom stereocenters. The topological polar surface area (TPSA) is 256 Å². The second kappa shape index (κ2) is 21.6. The molecule has 0 saturated heterocycles. The van der Waals surface area contributed by atoms with Crippen molar-refractivity contribution in [3.8, 4) is 0 Å². The molecular formula is C46H57N9O6. The zero-order chi connectivity index (χ0) is 44.1. The van der Waals surface area contributed by atoms with Crippen molar-refractivity contribution < 1.29 is 28.8 Å². The number of aromatic amines is 1. The van der Waals surface area contributed by atoms with Gasteiger partial charge < -0.3 is 48.8 Å². The number of hydrogen-bond acceptors (Lipinski definition) is 8. The molecule has 15 heteroatoms. The molecule has 0 saturated carbocycles. The fourth-order valence-electron chi connectivity index (χ4n) is 7.16. The van der Waals surface area contributed by atoms with Crippen molar-refractivity contribution in [2.75, 3.05) is 6.54 Å². The second-order valence-corrected chi connectivity index (χ2v) is 15.5. The van der Waals surface area contributed by atoms with Crippen LogP contribution in [0.1, 0.15) is 62.6 Å². The minimum Gasteiger partial charge on any atom is -0.368 e. The van der Waals surface area contributed by atoms with Gasteiger partial charge in [0.05, 0.1) is 6.04 Å². The normalized spacial score (nSPS) is 14.7. The van der Waals surface area contributed by atoms with E-state index in [1.807, 2.05) is 72.8 Å². The van der Waals surface area contributed by atoms with E-state index in [4.69, 9.17) is 17.2 Å². The van der Waals surface area contributed by atoms with Gasteiger partial charge >= 0.3 is 0 Å². The average Bonchev–Trinajstić information content (AvgIpc) is 3.66. The highest BCUT2D eigenvalue weighted by Gasteiger charge is 2.34. The number of aromatic nitrogens is 1. The molecule has 6 amide bonds. The third-order valence-electron chi connectivity index (χ3n) is 10.8. The highest BCUT2D eigenvalue weighted by molar-refractivity contribution is 5.97. The summed E-state index contributed by atoms with van der Waals surface area (Å²) in [5, 5.41) is 16.6. The Labute approximate surface area is 355 Å². The highest BCUT2D eigenvalue weighted by atomic mass is 16.2. The molecule has 0 fully saturated rings. The number of carbonyl (C=O) groups is 6. The van der Waals surface area contributed by atoms with Gasteiger partial charge in [-0.2, -0.15) is 0 Å². The molecule has 2 unspecified atom stereocenters.